The van der Waals surface area contributed by atoms with Gasteiger partial charge in [-0.2, -0.15) is 0 Å². The number of aryl methyl sites for hydroxylation is 1. The Morgan fingerprint density at radius 1 is 1.24 bits per heavy atom. The highest BCUT2D eigenvalue weighted by molar-refractivity contribution is 5.79. The van der Waals surface area contributed by atoms with Gasteiger partial charge in [-0.1, -0.05) is 12.1 Å². The van der Waals surface area contributed by atoms with Crippen molar-refractivity contribution in [2.75, 3.05) is 6.54 Å². The summed E-state index contributed by atoms with van der Waals surface area (Å²) in [5.74, 6) is -0.439. The van der Waals surface area contributed by atoms with Crippen LogP contribution >= 0.6 is 0 Å². The Hall–Kier alpha value is -2.70. The lowest BCUT2D eigenvalue weighted by Gasteiger charge is -2.35. The number of nitrogens with zero attached hydrogens (tertiary/aromatic N) is 3. The number of para-hydroxylation sites is 1. The number of fused-ring (bicyclic) bond motifs is 1. The van der Waals surface area contributed by atoms with Crippen molar-refractivity contribution in [2.24, 2.45) is 5.73 Å². The van der Waals surface area contributed by atoms with Crippen LogP contribution in [0.5, 0.6) is 0 Å². The quantitative estimate of drug-likeness (QED) is 0.878. The highest BCUT2D eigenvalue weighted by atomic mass is 16.2. The van der Waals surface area contributed by atoms with E-state index in [1.807, 2.05) is 6.07 Å². The fourth-order valence-corrected chi connectivity index (χ4v) is 3.40. The third kappa shape index (κ3) is 3.87. The van der Waals surface area contributed by atoms with Crippen LogP contribution in [-0.4, -0.2) is 38.9 Å². The molecule has 2 heterocycles. The van der Waals surface area contributed by atoms with Crippen LogP contribution in [0.25, 0.3) is 10.9 Å². The van der Waals surface area contributed by atoms with Crippen LogP contribution in [0.3, 0.4) is 0 Å². The Morgan fingerprint density at radius 2 is 2.04 bits per heavy atom. The molecule has 1 aromatic heterocycles. The number of hydrogen-bond donors (Lipinski definition) is 1. The molecule has 7 nitrogen and oxygen atoms in total. The molecule has 1 saturated heterocycles. The van der Waals surface area contributed by atoms with Crippen LogP contribution in [-0.2, 0) is 16.1 Å². The lowest BCUT2D eigenvalue weighted by atomic mass is 9.98. The minimum atomic E-state index is -0.389. The average Bonchev–Trinajstić information content (AvgIpc) is 2.61. The van der Waals surface area contributed by atoms with Gasteiger partial charge in [-0.3, -0.25) is 19.0 Å². The van der Waals surface area contributed by atoms with Crippen molar-refractivity contribution in [1.82, 2.24) is 14.5 Å². The number of aromatic nitrogens is 2. The van der Waals surface area contributed by atoms with Crippen molar-refractivity contribution in [1.29, 1.82) is 0 Å². The van der Waals surface area contributed by atoms with E-state index >= 15 is 0 Å². The molecule has 0 saturated carbocycles. The van der Waals surface area contributed by atoms with E-state index < -0.39 is 0 Å². The standard InChI is InChI=1S/C18H22N4O3/c19-16(23)11-13-5-3-4-9-22(13)17(24)8-10-21-12-20-15-7-2-1-6-14(15)18(21)25/h1-2,6-7,12-13H,3-5,8-11H2,(H2,19,23)/t13-/m0/s1. The second kappa shape index (κ2) is 7.46. The minimum absolute atomic E-state index is 0.0500. The maximum atomic E-state index is 12.6. The summed E-state index contributed by atoms with van der Waals surface area (Å²) in [6, 6.07) is 7.02. The third-order valence-electron chi connectivity index (χ3n) is 4.68. The molecule has 0 bridgehead atoms. The maximum absolute atomic E-state index is 12.6. The van der Waals surface area contributed by atoms with E-state index in [1.165, 1.54) is 10.9 Å². The van der Waals surface area contributed by atoms with E-state index in [0.717, 1.165) is 19.3 Å². The maximum Gasteiger partial charge on any atom is 0.261 e. The summed E-state index contributed by atoms with van der Waals surface area (Å²) in [4.78, 5) is 42.3. The SMILES string of the molecule is NC(=O)C[C@@H]1CCCCN1C(=O)CCn1cnc2ccccc2c1=O. The van der Waals surface area contributed by atoms with Gasteiger partial charge in [0.15, 0.2) is 0 Å². The Labute approximate surface area is 145 Å². The van der Waals surface area contributed by atoms with Crippen molar-refractivity contribution in [3.63, 3.8) is 0 Å². The number of likely N-dealkylation sites (tertiary alicyclic amines) is 1. The van der Waals surface area contributed by atoms with Crippen LogP contribution in [0, 0.1) is 0 Å². The normalized spacial score (nSPS) is 17.6. The first-order valence-electron chi connectivity index (χ1n) is 8.58. The van der Waals surface area contributed by atoms with Crippen molar-refractivity contribution in [2.45, 2.75) is 44.7 Å². The molecular formula is C18H22N4O3. The number of hydrogen-bond acceptors (Lipinski definition) is 4. The van der Waals surface area contributed by atoms with Gasteiger partial charge in [0.1, 0.15) is 0 Å². The Morgan fingerprint density at radius 3 is 2.84 bits per heavy atom. The van der Waals surface area contributed by atoms with Gasteiger partial charge in [0.2, 0.25) is 11.8 Å². The van der Waals surface area contributed by atoms with E-state index in [0.29, 0.717) is 17.4 Å². The largest absolute Gasteiger partial charge is 0.370 e. The van der Waals surface area contributed by atoms with E-state index in [1.54, 1.807) is 23.1 Å². The average molecular weight is 342 g/mol. The number of amides is 2. The van der Waals surface area contributed by atoms with Gasteiger partial charge in [-0.25, -0.2) is 4.98 Å². The molecule has 0 spiro atoms. The first-order valence-corrected chi connectivity index (χ1v) is 8.58. The summed E-state index contributed by atoms with van der Waals surface area (Å²) in [5, 5.41) is 0.544. The summed E-state index contributed by atoms with van der Waals surface area (Å²) in [6.07, 6.45) is 4.61. The zero-order chi connectivity index (χ0) is 17.8. The molecule has 1 aliphatic rings. The number of rotatable bonds is 5. The van der Waals surface area contributed by atoms with Crippen LogP contribution in [0.4, 0.5) is 0 Å². The highest BCUT2D eigenvalue weighted by Crippen LogP contribution is 2.20. The van der Waals surface area contributed by atoms with Crippen molar-refractivity contribution in [3.8, 4) is 0 Å². The van der Waals surface area contributed by atoms with Crippen LogP contribution in [0.15, 0.2) is 35.4 Å². The molecule has 1 aromatic carbocycles. The topological polar surface area (TPSA) is 98.3 Å². The van der Waals surface area contributed by atoms with Crippen molar-refractivity contribution < 1.29 is 9.59 Å². The van der Waals surface area contributed by atoms with Gasteiger partial charge in [0, 0.05) is 32.0 Å². The van der Waals surface area contributed by atoms with Gasteiger partial charge >= 0.3 is 0 Å². The molecule has 2 amide bonds. The molecule has 1 atom stereocenters. The monoisotopic (exact) mass is 342 g/mol. The number of benzene rings is 1. The number of carbonyl (C=O) groups is 2. The van der Waals surface area contributed by atoms with Crippen LogP contribution in [0.1, 0.15) is 32.1 Å². The minimum Gasteiger partial charge on any atom is -0.370 e. The molecule has 0 aliphatic carbocycles. The first-order chi connectivity index (χ1) is 12.1. The number of carbonyl (C=O) groups excluding carboxylic acids is 2. The molecular weight excluding hydrogens is 320 g/mol. The zero-order valence-electron chi connectivity index (χ0n) is 14.1. The lowest BCUT2D eigenvalue weighted by Crippen LogP contribution is -2.45. The smallest absolute Gasteiger partial charge is 0.261 e. The molecule has 3 rings (SSSR count). The van der Waals surface area contributed by atoms with Gasteiger partial charge in [0.05, 0.1) is 17.2 Å². The molecule has 2 N–H and O–H groups in total. The summed E-state index contributed by atoms with van der Waals surface area (Å²) < 4.78 is 1.47. The van der Waals surface area contributed by atoms with Crippen LogP contribution in [0.2, 0.25) is 0 Å². The summed E-state index contributed by atoms with van der Waals surface area (Å²) >= 11 is 0. The van der Waals surface area contributed by atoms with Gasteiger partial charge in [0.25, 0.3) is 5.56 Å². The van der Waals surface area contributed by atoms with Gasteiger partial charge in [-0.15, -0.1) is 0 Å². The van der Waals surface area contributed by atoms with Gasteiger partial charge in [-0.05, 0) is 31.4 Å². The zero-order valence-corrected chi connectivity index (χ0v) is 14.1. The second-order valence-corrected chi connectivity index (χ2v) is 6.42. The molecule has 0 unspecified atom stereocenters. The van der Waals surface area contributed by atoms with E-state index in [9.17, 15) is 14.4 Å². The van der Waals surface area contributed by atoms with Gasteiger partial charge < -0.3 is 10.6 Å². The number of piperidine rings is 1. The Kier molecular flexibility index (Phi) is 5.11. The summed E-state index contributed by atoms with van der Waals surface area (Å²) in [6.45, 7) is 0.914. The van der Waals surface area contributed by atoms with Crippen molar-refractivity contribution >= 4 is 22.7 Å². The summed E-state index contributed by atoms with van der Waals surface area (Å²) in [7, 11) is 0. The Balaban J connectivity index is 1.70. The third-order valence-corrected chi connectivity index (χ3v) is 4.68. The molecule has 25 heavy (non-hydrogen) atoms. The Bertz CT molecular complexity index is 846. The fourth-order valence-electron chi connectivity index (χ4n) is 3.40. The molecule has 132 valence electrons. The van der Waals surface area contributed by atoms with E-state index in [4.69, 9.17) is 5.73 Å². The summed E-state index contributed by atoms with van der Waals surface area (Å²) in [5.41, 5.74) is 5.79. The molecule has 2 aromatic rings. The first kappa shape index (κ1) is 17.1. The molecule has 1 aliphatic heterocycles. The predicted molar refractivity (Wildman–Crippen MR) is 93.8 cm³/mol. The second-order valence-electron chi connectivity index (χ2n) is 6.42. The van der Waals surface area contributed by atoms with Crippen molar-refractivity contribution in [3.05, 3.63) is 40.9 Å². The van der Waals surface area contributed by atoms with Crippen LogP contribution < -0.4 is 11.3 Å². The van der Waals surface area contributed by atoms with E-state index in [-0.39, 0.29) is 42.8 Å². The number of nitrogens with two attached hydrogens (primary N) is 1. The predicted octanol–water partition coefficient (Wildman–Crippen LogP) is 1.04. The lowest BCUT2D eigenvalue weighted by molar-refractivity contribution is -0.136. The molecule has 7 heteroatoms. The fraction of sp³-hybridized carbons (Fsp3) is 0.444. The molecule has 1 fully saturated rings. The van der Waals surface area contributed by atoms with E-state index in [2.05, 4.69) is 4.98 Å². The number of primary amides is 1. The highest BCUT2D eigenvalue weighted by Gasteiger charge is 2.27. The molecule has 0 radical (unpaired) electrons.